The van der Waals surface area contributed by atoms with E-state index >= 15 is 0 Å². The van der Waals surface area contributed by atoms with E-state index in [0.717, 1.165) is 13.2 Å². The maximum Gasteiger partial charge on any atom is 0.0630 e. The first-order valence-corrected chi connectivity index (χ1v) is 6.54. The zero-order chi connectivity index (χ0) is 12.4. The Labute approximate surface area is 102 Å². The molecule has 1 atom stereocenters. The van der Waals surface area contributed by atoms with Gasteiger partial charge >= 0.3 is 0 Å². The molecule has 0 rings (SSSR count). The lowest BCUT2D eigenvalue weighted by Gasteiger charge is -2.28. The molecule has 0 radical (unpaired) electrons. The Morgan fingerprint density at radius 1 is 1.25 bits per heavy atom. The lowest BCUT2D eigenvalue weighted by Crippen LogP contribution is -2.45. The van der Waals surface area contributed by atoms with Crippen LogP contribution in [0.5, 0.6) is 0 Å². The van der Waals surface area contributed by atoms with Gasteiger partial charge < -0.3 is 10.1 Å². The van der Waals surface area contributed by atoms with Gasteiger partial charge in [0.1, 0.15) is 0 Å². The van der Waals surface area contributed by atoms with Crippen LogP contribution in [0, 0.1) is 0 Å². The van der Waals surface area contributed by atoms with Crippen molar-refractivity contribution in [1.82, 2.24) is 10.2 Å². The highest BCUT2D eigenvalue weighted by molar-refractivity contribution is 4.72. The van der Waals surface area contributed by atoms with E-state index in [-0.39, 0.29) is 0 Å². The van der Waals surface area contributed by atoms with Gasteiger partial charge in [-0.05, 0) is 20.0 Å². The van der Waals surface area contributed by atoms with Crippen molar-refractivity contribution in [2.24, 2.45) is 0 Å². The van der Waals surface area contributed by atoms with Crippen LogP contribution in [0.15, 0.2) is 0 Å². The Balaban J connectivity index is 3.87. The van der Waals surface area contributed by atoms with Gasteiger partial charge in [0, 0.05) is 25.7 Å². The van der Waals surface area contributed by atoms with Crippen molar-refractivity contribution >= 4 is 0 Å². The van der Waals surface area contributed by atoms with Gasteiger partial charge in [-0.3, -0.25) is 4.90 Å². The van der Waals surface area contributed by atoms with Gasteiger partial charge in [-0.1, -0.05) is 33.6 Å². The number of methoxy groups -OCH3 is 1. The molecule has 1 N–H and O–H groups in total. The van der Waals surface area contributed by atoms with E-state index in [2.05, 4.69) is 38.0 Å². The van der Waals surface area contributed by atoms with Crippen molar-refractivity contribution in [1.29, 1.82) is 0 Å². The fourth-order valence-electron chi connectivity index (χ4n) is 1.70. The van der Waals surface area contributed by atoms with E-state index in [4.69, 9.17) is 4.74 Å². The standard InChI is InChI=1S/C13H30N2O/c1-6-7-8-9-15(4)13(11-16-5)10-14-12(2)3/h12-14H,6-11H2,1-5H3. The molecule has 0 heterocycles. The topological polar surface area (TPSA) is 24.5 Å². The zero-order valence-corrected chi connectivity index (χ0v) is 11.8. The van der Waals surface area contributed by atoms with Crippen molar-refractivity contribution in [3.63, 3.8) is 0 Å². The third-order valence-electron chi connectivity index (χ3n) is 2.86. The molecule has 0 aliphatic rings. The molecule has 0 aromatic rings. The van der Waals surface area contributed by atoms with Crippen LogP contribution in [0.3, 0.4) is 0 Å². The van der Waals surface area contributed by atoms with Crippen LogP contribution in [0.2, 0.25) is 0 Å². The van der Waals surface area contributed by atoms with Crippen LogP contribution in [0.25, 0.3) is 0 Å². The highest BCUT2D eigenvalue weighted by Gasteiger charge is 2.14. The lowest BCUT2D eigenvalue weighted by molar-refractivity contribution is 0.103. The third-order valence-corrected chi connectivity index (χ3v) is 2.86. The predicted octanol–water partition coefficient (Wildman–Crippen LogP) is 2.12. The molecule has 16 heavy (non-hydrogen) atoms. The Morgan fingerprint density at radius 2 is 1.94 bits per heavy atom. The van der Waals surface area contributed by atoms with Crippen molar-refractivity contribution in [3.8, 4) is 0 Å². The Hall–Kier alpha value is -0.120. The van der Waals surface area contributed by atoms with E-state index in [1.54, 1.807) is 7.11 Å². The summed E-state index contributed by atoms with van der Waals surface area (Å²) < 4.78 is 5.28. The third kappa shape index (κ3) is 8.08. The molecular formula is C13H30N2O. The first-order chi connectivity index (χ1) is 7.61. The summed E-state index contributed by atoms with van der Waals surface area (Å²) in [4.78, 5) is 2.41. The summed E-state index contributed by atoms with van der Waals surface area (Å²) >= 11 is 0. The molecule has 3 nitrogen and oxygen atoms in total. The SMILES string of the molecule is CCCCCN(C)C(CNC(C)C)COC. The van der Waals surface area contributed by atoms with Crippen LogP contribution < -0.4 is 5.32 Å². The molecule has 0 fully saturated rings. The molecule has 0 aliphatic heterocycles. The molecule has 0 spiro atoms. The normalized spacial score (nSPS) is 13.7. The molecule has 0 amide bonds. The molecule has 98 valence electrons. The Morgan fingerprint density at radius 3 is 2.44 bits per heavy atom. The minimum atomic E-state index is 0.490. The first-order valence-electron chi connectivity index (χ1n) is 6.54. The summed E-state index contributed by atoms with van der Waals surface area (Å²) in [7, 11) is 3.98. The molecule has 3 heteroatoms. The van der Waals surface area contributed by atoms with Gasteiger partial charge in [0.25, 0.3) is 0 Å². The van der Waals surface area contributed by atoms with Crippen molar-refractivity contribution in [2.75, 3.05) is 33.9 Å². The minimum absolute atomic E-state index is 0.490. The summed E-state index contributed by atoms with van der Waals surface area (Å²) in [5, 5.41) is 3.48. The van der Waals surface area contributed by atoms with E-state index < -0.39 is 0 Å². The largest absolute Gasteiger partial charge is 0.383 e. The molecule has 0 bridgehead atoms. The molecule has 1 unspecified atom stereocenters. The fraction of sp³-hybridized carbons (Fsp3) is 1.00. The van der Waals surface area contributed by atoms with Crippen LogP contribution in [0.1, 0.15) is 40.0 Å². The second-order valence-electron chi connectivity index (χ2n) is 4.86. The van der Waals surface area contributed by atoms with Crippen molar-refractivity contribution in [3.05, 3.63) is 0 Å². The first kappa shape index (κ1) is 15.9. The summed E-state index contributed by atoms with van der Waals surface area (Å²) in [5.74, 6) is 0. The maximum atomic E-state index is 5.28. The van der Waals surface area contributed by atoms with Crippen molar-refractivity contribution < 1.29 is 4.74 Å². The fourth-order valence-corrected chi connectivity index (χ4v) is 1.70. The monoisotopic (exact) mass is 230 g/mol. The van der Waals surface area contributed by atoms with Crippen molar-refractivity contribution in [2.45, 2.75) is 52.1 Å². The van der Waals surface area contributed by atoms with Crippen LogP contribution >= 0.6 is 0 Å². The molecular weight excluding hydrogens is 200 g/mol. The van der Waals surface area contributed by atoms with Crippen LogP contribution in [0.4, 0.5) is 0 Å². The highest BCUT2D eigenvalue weighted by Crippen LogP contribution is 2.02. The van der Waals surface area contributed by atoms with E-state index in [9.17, 15) is 0 Å². The summed E-state index contributed by atoms with van der Waals surface area (Å²) in [6.07, 6.45) is 3.89. The number of hydrogen-bond acceptors (Lipinski definition) is 3. The van der Waals surface area contributed by atoms with Crippen LogP contribution in [-0.2, 0) is 4.74 Å². The van der Waals surface area contributed by atoms with Gasteiger partial charge in [0.05, 0.1) is 6.61 Å². The summed E-state index contributed by atoms with van der Waals surface area (Å²) in [6.45, 7) is 9.59. The number of ether oxygens (including phenoxy) is 1. The number of nitrogens with one attached hydrogen (secondary N) is 1. The van der Waals surface area contributed by atoms with E-state index in [0.29, 0.717) is 12.1 Å². The van der Waals surface area contributed by atoms with Gasteiger partial charge in [-0.25, -0.2) is 0 Å². The second-order valence-corrected chi connectivity index (χ2v) is 4.86. The van der Waals surface area contributed by atoms with Gasteiger partial charge in [0.2, 0.25) is 0 Å². The average Bonchev–Trinajstić information content (AvgIpc) is 2.24. The highest BCUT2D eigenvalue weighted by atomic mass is 16.5. The molecule has 0 aromatic heterocycles. The van der Waals surface area contributed by atoms with Gasteiger partial charge in [0.15, 0.2) is 0 Å². The number of unbranched alkanes of at least 4 members (excludes halogenated alkanes) is 2. The molecule has 0 aromatic carbocycles. The lowest BCUT2D eigenvalue weighted by atomic mass is 10.2. The second kappa shape index (κ2) is 10.1. The minimum Gasteiger partial charge on any atom is -0.383 e. The summed E-state index contributed by atoms with van der Waals surface area (Å²) in [6, 6.07) is 1.03. The predicted molar refractivity (Wildman–Crippen MR) is 71.0 cm³/mol. The molecule has 0 saturated heterocycles. The van der Waals surface area contributed by atoms with E-state index in [1.165, 1.54) is 25.8 Å². The number of rotatable bonds is 10. The zero-order valence-electron chi connectivity index (χ0n) is 11.8. The Bertz CT molecular complexity index is 151. The smallest absolute Gasteiger partial charge is 0.0630 e. The van der Waals surface area contributed by atoms with Gasteiger partial charge in [-0.2, -0.15) is 0 Å². The number of likely N-dealkylation sites (N-methyl/N-ethyl adjacent to an activating group) is 1. The van der Waals surface area contributed by atoms with Gasteiger partial charge in [-0.15, -0.1) is 0 Å². The molecule has 0 saturated carbocycles. The Kier molecular flexibility index (Phi) is 9.99. The summed E-state index contributed by atoms with van der Waals surface area (Å²) in [5.41, 5.74) is 0. The average molecular weight is 230 g/mol. The molecule has 0 aliphatic carbocycles. The number of hydrogen-bond donors (Lipinski definition) is 1. The number of nitrogens with zero attached hydrogens (tertiary/aromatic N) is 1. The quantitative estimate of drug-likeness (QED) is 0.582. The van der Waals surface area contributed by atoms with Crippen LogP contribution in [-0.4, -0.2) is 50.8 Å². The van der Waals surface area contributed by atoms with E-state index in [1.807, 2.05) is 0 Å². The maximum absolute atomic E-state index is 5.28.